The molecule has 0 radical (unpaired) electrons. The van der Waals surface area contributed by atoms with Crippen LogP contribution >= 0.6 is 27.3 Å². The Morgan fingerprint density at radius 1 is 1.28 bits per heavy atom. The van der Waals surface area contributed by atoms with E-state index >= 15 is 0 Å². The standard InChI is InChI=1S/C14H25BrN2S/c1-9(2)12(10(3)4)7-17-13(6-16)11-5-14(15)18-8-11/h5,8-10,12-13,17H,6-7,16H2,1-4H3. The molecule has 2 nitrogen and oxygen atoms in total. The van der Waals surface area contributed by atoms with E-state index < -0.39 is 0 Å². The first-order valence-electron chi connectivity index (χ1n) is 6.63. The topological polar surface area (TPSA) is 38.0 Å². The zero-order valence-corrected chi connectivity index (χ0v) is 14.1. The summed E-state index contributed by atoms with van der Waals surface area (Å²) in [5.41, 5.74) is 7.17. The molecule has 0 bridgehead atoms. The van der Waals surface area contributed by atoms with Gasteiger partial charge in [0.15, 0.2) is 0 Å². The molecule has 0 aliphatic carbocycles. The molecule has 0 aromatic carbocycles. The van der Waals surface area contributed by atoms with Gasteiger partial charge in [0.25, 0.3) is 0 Å². The van der Waals surface area contributed by atoms with Gasteiger partial charge in [-0.05, 0) is 57.2 Å². The lowest BCUT2D eigenvalue weighted by Crippen LogP contribution is -2.35. The average Bonchev–Trinajstić information content (AvgIpc) is 2.70. The van der Waals surface area contributed by atoms with Gasteiger partial charge in [-0.15, -0.1) is 11.3 Å². The molecule has 1 heterocycles. The van der Waals surface area contributed by atoms with Crippen molar-refractivity contribution in [3.63, 3.8) is 0 Å². The van der Waals surface area contributed by atoms with Crippen molar-refractivity contribution in [1.82, 2.24) is 5.32 Å². The van der Waals surface area contributed by atoms with Gasteiger partial charge in [0.2, 0.25) is 0 Å². The molecular weight excluding hydrogens is 308 g/mol. The molecule has 0 aliphatic rings. The van der Waals surface area contributed by atoms with Crippen LogP contribution in [-0.2, 0) is 0 Å². The van der Waals surface area contributed by atoms with Gasteiger partial charge in [0.1, 0.15) is 0 Å². The van der Waals surface area contributed by atoms with Crippen molar-refractivity contribution in [2.24, 2.45) is 23.5 Å². The summed E-state index contributed by atoms with van der Waals surface area (Å²) in [5.74, 6) is 2.09. The normalized spacial score (nSPS) is 13.8. The van der Waals surface area contributed by atoms with Crippen LogP contribution in [0.1, 0.15) is 39.3 Å². The summed E-state index contributed by atoms with van der Waals surface area (Å²) in [5, 5.41) is 5.80. The van der Waals surface area contributed by atoms with Crippen LogP contribution in [-0.4, -0.2) is 13.1 Å². The Balaban J connectivity index is 2.59. The highest BCUT2D eigenvalue weighted by Gasteiger charge is 2.19. The highest BCUT2D eigenvalue weighted by Crippen LogP contribution is 2.26. The van der Waals surface area contributed by atoms with Crippen LogP contribution in [0.3, 0.4) is 0 Å². The fraction of sp³-hybridized carbons (Fsp3) is 0.714. The lowest BCUT2D eigenvalue weighted by molar-refractivity contribution is 0.266. The largest absolute Gasteiger partial charge is 0.329 e. The number of thiophene rings is 1. The molecule has 0 spiro atoms. The van der Waals surface area contributed by atoms with Crippen molar-refractivity contribution in [2.75, 3.05) is 13.1 Å². The minimum absolute atomic E-state index is 0.271. The Hall–Kier alpha value is 0.100. The molecule has 4 heteroatoms. The summed E-state index contributed by atoms with van der Waals surface area (Å²) in [6.07, 6.45) is 0. The zero-order valence-electron chi connectivity index (χ0n) is 11.7. The summed E-state index contributed by atoms with van der Waals surface area (Å²) in [7, 11) is 0. The molecule has 0 aliphatic heterocycles. The predicted molar refractivity (Wildman–Crippen MR) is 85.0 cm³/mol. The molecule has 1 aromatic rings. The molecule has 104 valence electrons. The third-order valence-corrected chi connectivity index (χ3v) is 5.06. The smallest absolute Gasteiger partial charge is 0.0701 e. The summed E-state index contributed by atoms with van der Waals surface area (Å²) in [6.45, 7) is 10.9. The summed E-state index contributed by atoms with van der Waals surface area (Å²) < 4.78 is 1.17. The summed E-state index contributed by atoms with van der Waals surface area (Å²) in [6, 6.07) is 2.43. The maximum absolute atomic E-state index is 5.88. The molecule has 1 atom stereocenters. The minimum Gasteiger partial charge on any atom is -0.329 e. The van der Waals surface area contributed by atoms with Crippen LogP contribution in [0.2, 0.25) is 0 Å². The third-order valence-electron chi connectivity index (χ3n) is 3.54. The number of halogens is 1. The Kier molecular flexibility index (Phi) is 6.85. The number of nitrogens with two attached hydrogens (primary N) is 1. The van der Waals surface area contributed by atoms with Gasteiger partial charge in [-0.1, -0.05) is 27.7 Å². The van der Waals surface area contributed by atoms with Crippen molar-refractivity contribution in [2.45, 2.75) is 33.7 Å². The van der Waals surface area contributed by atoms with Crippen LogP contribution in [0.15, 0.2) is 15.2 Å². The van der Waals surface area contributed by atoms with E-state index in [0.29, 0.717) is 24.3 Å². The number of hydrogen-bond acceptors (Lipinski definition) is 3. The van der Waals surface area contributed by atoms with E-state index in [4.69, 9.17) is 5.73 Å². The highest BCUT2D eigenvalue weighted by atomic mass is 79.9. The molecule has 3 N–H and O–H groups in total. The van der Waals surface area contributed by atoms with E-state index in [9.17, 15) is 0 Å². The quantitative estimate of drug-likeness (QED) is 0.791. The van der Waals surface area contributed by atoms with E-state index in [2.05, 4.69) is 60.4 Å². The fourth-order valence-corrected chi connectivity index (χ4v) is 3.59. The third kappa shape index (κ3) is 4.65. The molecular formula is C14H25BrN2S. The lowest BCUT2D eigenvalue weighted by atomic mass is 9.85. The Bertz CT molecular complexity index is 341. The monoisotopic (exact) mass is 332 g/mol. The molecule has 1 rings (SSSR count). The van der Waals surface area contributed by atoms with Gasteiger partial charge >= 0.3 is 0 Å². The fourth-order valence-electron chi connectivity index (χ4n) is 2.36. The Morgan fingerprint density at radius 2 is 1.89 bits per heavy atom. The molecule has 0 amide bonds. The van der Waals surface area contributed by atoms with Crippen molar-refractivity contribution < 1.29 is 0 Å². The SMILES string of the molecule is CC(C)C(CNC(CN)c1csc(Br)c1)C(C)C. The lowest BCUT2D eigenvalue weighted by Gasteiger charge is -2.27. The van der Waals surface area contributed by atoms with Crippen LogP contribution in [0.5, 0.6) is 0 Å². The van der Waals surface area contributed by atoms with Crippen molar-refractivity contribution in [3.05, 3.63) is 20.8 Å². The van der Waals surface area contributed by atoms with Gasteiger partial charge in [-0.25, -0.2) is 0 Å². The molecule has 0 saturated carbocycles. The van der Waals surface area contributed by atoms with Crippen LogP contribution < -0.4 is 11.1 Å². The first-order chi connectivity index (χ1) is 8.45. The van der Waals surface area contributed by atoms with E-state index in [1.165, 1.54) is 9.35 Å². The Morgan fingerprint density at radius 3 is 2.28 bits per heavy atom. The highest BCUT2D eigenvalue weighted by molar-refractivity contribution is 9.11. The predicted octanol–water partition coefficient (Wildman–Crippen LogP) is 4.03. The van der Waals surface area contributed by atoms with Gasteiger partial charge in [0, 0.05) is 12.6 Å². The van der Waals surface area contributed by atoms with Crippen LogP contribution in [0.4, 0.5) is 0 Å². The van der Waals surface area contributed by atoms with Gasteiger partial charge in [-0.3, -0.25) is 0 Å². The van der Waals surface area contributed by atoms with Crippen LogP contribution in [0, 0.1) is 17.8 Å². The van der Waals surface area contributed by atoms with E-state index in [0.717, 1.165) is 6.54 Å². The molecule has 1 aromatic heterocycles. The average molecular weight is 333 g/mol. The number of nitrogens with one attached hydrogen (secondary N) is 1. The zero-order chi connectivity index (χ0) is 13.7. The van der Waals surface area contributed by atoms with Gasteiger partial charge < -0.3 is 11.1 Å². The molecule has 1 unspecified atom stereocenters. The number of hydrogen-bond donors (Lipinski definition) is 2. The van der Waals surface area contributed by atoms with Crippen molar-refractivity contribution >= 4 is 27.3 Å². The summed E-state index contributed by atoms with van der Waals surface area (Å²) >= 11 is 5.22. The molecule has 18 heavy (non-hydrogen) atoms. The molecule has 0 fully saturated rings. The van der Waals surface area contributed by atoms with E-state index in [1.807, 2.05) is 0 Å². The first kappa shape index (κ1) is 16.2. The second kappa shape index (κ2) is 7.63. The van der Waals surface area contributed by atoms with Gasteiger partial charge in [-0.2, -0.15) is 0 Å². The van der Waals surface area contributed by atoms with Gasteiger partial charge in [0.05, 0.1) is 3.79 Å². The second-order valence-corrected chi connectivity index (χ2v) is 7.82. The van der Waals surface area contributed by atoms with Crippen molar-refractivity contribution in [1.29, 1.82) is 0 Å². The first-order valence-corrected chi connectivity index (χ1v) is 8.30. The van der Waals surface area contributed by atoms with E-state index in [-0.39, 0.29) is 6.04 Å². The summed E-state index contributed by atoms with van der Waals surface area (Å²) in [4.78, 5) is 0. The van der Waals surface area contributed by atoms with Crippen molar-refractivity contribution in [3.8, 4) is 0 Å². The minimum atomic E-state index is 0.271. The Labute approximate surface area is 123 Å². The van der Waals surface area contributed by atoms with Crippen LogP contribution in [0.25, 0.3) is 0 Å². The maximum Gasteiger partial charge on any atom is 0.0701 e. The molecule has 0 saturated heterocycles. The maximum atomic E-state index is 5.88. The van der Waals surface area contributed by atoms with E-state index in [1.54, 1.807) is 11.3 Å². The second-order valence-electron chi connectivity index (χ2n) is 5.53. The number of rotatable bonds is 7.